The van der Waals surface area contributed by atoms with Crippen LogP contribution in [0.15, 0.2) is 6.07 Å². The highest BCUT2D eigenvalue weighted by molar-refractivity contribution is 5.73. The summed E-state index contributed by atoms with van der Waals surface area (Å²) in [6.07, 6.45) is -3.77. The van der Waals surface area contributed by atoms with Gasteiger partial charge in [-0.3, -0.25) is 4.79 Å². The molecule has 1 aromatic heterocycles. The summed E-state index contributed by atoms with van der Waals surface area (Å²) in [5.74, 6) is 0.664. The Morgan fingerprint density at radius 2 is 2.07 bits per heavy atom. The molecule has 4 rings (SSSR count). The van der Waals surface area contributed by atoms with Gasteiger partial charge in [0.05, 0.1) is 18.1 Å². The number of nitriles is 1. The van der Waals surface area contributed by atoms with Crippen LogP contribution in [0.1, 0.15) is 38.3 Å². The summed E-state index contributed by atoms with van der Waals surface area (Å²) in [5.41, 5.74) is -1.34. The second kappa shape index (κ2) is 7.33. The summed E-state index contributed by atoms with van der Waals surface area (Å²) in [6.45, 7) is 7.59. The van der Waals surface area contributed by atoms with Gasteiger partial charge in [-0.1, -0.05) is 6.92 Å². The van der Waals surface area contributed by atoms with Crippen molar-refractivity contribution in [1.29, 1.82) is 5.26 Å². The molecule has 2 aliphatic heterocycles. The number of esters is 1. The van der Waals surface area contributed by atoms with Crippen molar-refractivity contribution in [2.24, 2.45) is 23.7 Å². The summed E-state index contributed by atoms with van der Waals surface area (Å²) >= 11 is 0. The van der Waals surface area contributed by atoms with Crippen LogP contribution in [0.4, 0.5) is 24.8 Å². The van der Waals surface area contributed by atoms with E-state index in [9.17, 15) is 23.2 Å². The zero-order valence-corrected chi connectivity index (χ0v) is 17.2. The smallest absolute Gasteiger partial charge is 0.417 e. The second-order valence-electron chi connectivity index (χ2n) is 8.52. The number of fused-ring (bicyclic) bond motifs is 1. The number of rotatable bonds is 5. The molecule has 1 unspecified atom stereocenters. The predicted octanol–water partition coefficient (Wildman–Crippen LogP) is 3.45. The first-order chi connectivity index (χ1) is 14.2. The molecule has 3 heterocycles. The lowest BCUT2D eigenvalue weighted by atomic mass is 10.0. The molecule has 5 atom stereocenters. The molecule has 0 amide bonds. The van der Waals surface area contributed by atoms with Crippen LogP contribution in [0.25, 0.3) is 0 Å². The van der Waals surface area contributed by atoms with Gasteiger partial charge in [0.25, 0.3) is 0 Å². The number of ether oxygens (including phenoxy) is 1. The molecule has 6 nitrogen and oxygen atoms in total. The SMILES string of the molecule is CCOC(=O)[C@H](C)C1[C@H]2CN(c3cc(C(F)(F)F)c(C#N)c(N4CC[C@@H]4C)n3)C[C@@H]12. The lowest BCUT2D eigenvalue weighted by Crippen LogP contribution is -2.47. The normalized spacial score (nSPS) is 28.4. The Labute approximate surface area is 173 Å². The summed E-state index contributed by atoms with van der Waals surface area (Å²) in [7, 11) is 0. The number of hydrogen-bond acceptors (Lipinski definition) is 6. The van der Waals surface area contributed by atoms with E-state index in [0.29, 0.717) is 26.2 Å². The molecule has 1 aromatic rings. The lowest BCUT2D eigenvalue weighted by molar-refractivity contribution is -0.148. The van der Waals surface area contributed by atoms with E-state index >= 15 is 0 Å². The standard InChI is InChI=1S/C21H25F3N4O2/c1-4-30-20(29)12(3)18-14-9-27(10-15(14)18)17-7-16(21(22,23)24)13(8-25)19(26-17)28-6-5-11(28)2/h7,11-12,14-15,18H,4-6,9-10H2,1-3H3/t11-,12+,14-,15+,18?/m0/s1. The van der Waals surface area contributed by atoms with Crippen LogP contribution in [0, 0.1) is 35.0 Å². The Kier molecular flexibility index (Phi) is 5.07. The molecule has 0 radical (unpaired) electrons. The van der Waals surface area contributed by atoms with E-state index in [0.717, 1.165) is 12.5 Å². The van der Waals surface area contributed by atoms with E-state index in [-0.39, 0.29) is 47.3 Å². The van der Waals surface area contributed by atoms with E-state index in [4.69, 9.17) is 4.74 Å². The van der Waals surface area contributed by atoms with Gasteiger partial charge in [-0.25, -0.2) is 4.98 Å². The summed E-state index contributed by atoms with van der Waals surface area (Å²) in [4.78, 5) is 20.1. The molecule has 1 aliphatic carbocycles. The minimum Gasteiger partial charge on any atom is -0.466 e. The molecule has 0 aromatic carbocycles. The highest BCUT2D eigenvalue weighted by Crippen LogP contribution is 2.56. The molecule has 3 aliphatic rings. The fraction of sp³-hybridized carbons (Fsp3) is 0.667. The third-order valence-corrected chi connectivity index (χ3v) is 6.82. The van der Waals surface area contributed by atoms with E-state index in [1.54, 1.807) is 17.9 Å². The Hall–Kier alpha value is -2.50. The molecular formula is C21H25F3N4O2. The van der Waals surface area contributed by atoms with Gasteiger partial charge in [-0.15, -0.1) is 0 Å². The van der Waals surface area contributed by atoms with Crippen molar-refractivity contribution in [2.45, 2.75) is 39.4 Å². The van der Waals surface area contributed by atoms with Crippen LogP contribution in [0.2, 0.25) is 0 Å². The van der Waals surface area contributed by atoms with Gasteiger partial charge in [0.1, 0.15) is 23.3 Å². The van der Waals surface area contributed by atoms with Crippen LogP contribution in [0.3, 0.4) is 0 Å². The number of anilines is 2. The summed E-state index contributed by atoms with van der Waals surface area (Å²) in [6, 6.07) is 2.79. The van der Waals surface area contributed by atoms with Crippen LogP contribution in [-0.2, 0) is 15.7 Å². The molecule has 9 heteroatoms. The maximum Gasteiger partial charge on any atom is 0.417 e. The number of pyridine rings is 1. The lowest BCUT2D eigenvalue weighted by Gasteiger charge is -2.41. The molecule has 0 bridgehead atoms. The van der Waals surface area contributed by atoms with Gasteiger partial charge in [0.15, 0.2) is 0 Å². The van der Waals surface area contributed by atoms with Gasteiger partial charge in [-0.2, -0.15) is 18.4 Å². The molecule has 2 saturated heterocycles. The number of halogens is 3. The fourth-order valence-electron chi connectivity index (χ4n) is 4.98. The van der Waals surface area contributed by atoms with E-state index < -0.39 is 17.3 Å². The predicted molar refractivity (Wildman–Crippen MR) is 104 cm³/mol. The highest BCUT2D eigenvalue weighted by Gasteiger charge is 2.59. The van der Waals surface area contributed by atoms with Crippen molar-refractivity contribution >= 4 is 17.6 Å². The van der Waals surface area contributed by atoms with Crippen LogP contribution in [0.5, 0.6) is 0 Å². The summed E-state index contributed by atoms with van der Waals surface area (Å²) in [5, 5.41) is 9.44. The zero-order valence-electron chi connectivity index (χ0n) is 17.2. The Balaban J connectivity index is 1.58. The quantitative estimate of drug-likeness (QED) is 0.677. The molecule has 0 N–H and O–H groups in total. The third kappa shape index (κ3) is 3.36. The summed E-state index contributed by atoms with van der Waals surface area (Å²) < 4.78 is 46.2. The first-order valence-electron chi connectivity index (χ1n) is 10.4. The number of nitrogens with zero attached hydrogens (tertiary/aromatic N) is 4. The zero-order chi connectivity index (χ0) is 21.8. The van der Waals surface area contributed by atoms with Crippen LogP contribution < -0.4 is 9.80 Å². The third-order valence-electron chi connectivity index (χ3n) is 6.82. The van der Waals surface area contributed by atoms with Gasteiger partial charge in [0.2, 0.25) is 0 Å². The molecule has 162 valence electrons. The Morgan fingerprint density at radius 1 is 1.40 bits per heavy atom. The van der Waals surface area contributed by atoms with Crippen molar-refractivity contribution in [3.8, 4) is 6.07 Å². The van der Waals surface area contributed by atoms with Gasteiger partial charge in [0, 0.05) is 25.7 Å². The minimum absolute atomic E-state index is 0.0581. The molecule has 3 fully saturated rings. The van der Waals surface area contributed by atoms with E-state index in [2.05, 4.69) is 4.98 Å². The van der Waals surface area contributed by atoms with E-state index in [1.807, 2.05) is 18.7 Å². The first kappa shape index (κ1) is 20.8. The fourth-order valence-corrected chi connectivity index (χ4v) is 4.98. The maximum atomic E-state index is 13.7. The van der Waals surface area contributed by atoms with Crippen molar-refractivity contribution in [2.75, 3.05) is 36.0 Å². The first-order valence-corrected chi connectivity index (χ1v) is 10.4. The largest absolute Gasteiger partial charge is 0.466 e. The molecule has 0 spiro atoms. The topological polar surface area (TPSA) is 69.5 Å². The maximum absolute atomic E-state index is 13.7. The number of carbonyl (C=O) groups is 1. The van der Waals surface area contributed by atoms with Crippen LogP contribution in [-0.4, -0.2) is 43.2 Å². The number of hydrogen-bond donors (Lipinski definition) is 0. The number of piperidine rings is 1. The average molecular weight is 422 g/mol. The monoisotopic (exact) mass is 422 g/mol. The van der Waals surface area contributed by atoms with Gasteiger partial charge < -0.3 is 14.5 Å². The minimum atomic E-state index is -4.63. The average Bonchev–Trinajstić information content (AvgIpc) is 3.17. The van der Waals surface area contributed by atoms with Crippen molar-refractivity contribution in [3.05, 3.63) is 17.2 Å². The Morgan fingerprint density at radius 3 is 2.53 bits per heavy atom. The second-order valence-corrected chi connectivity index (χ2v) is 8.52. The number of carbonyl (C=O) groups excluding carboxylic acids is 1. The van der Waals surface area contributed by atoms with Gasteiger partial charge >= 0.3 is 12.1 Å². The van der Waals surface area contributed by atoms with Crippen molar-refractivity contribution < 1.29 is 22.7 Å². The van der Waals surface area contributed by atoms with Crippen molar-refractivity contribution in [3.63, 3.8) is 0 Å². The molecular weight excluding hydrogens is 397 g/mol. The van der Waals surface area contributed by atoms with Crippen LogP contribution >= 0.6 is 0 Å². The Bertz CT molecular complexity index is 885. The highest BCUT2D eigenvalue weighted by atomic mass is 19.4. The van der Waals surface area contributed by atoms with E-state index in [1.165, 1.54) is 0 Å². The number of alkyl halides is 3. The molecule has 1 saturated carbocycles. The van der Waals surface area contributed by atoms with Crippen molar-refractivity contribution in [1.82, 2.24) is 4.98 Å². The molecule has 30 heavy (non-hydrogen) atoms. The van der Waals surface area contributed by atoms with Gasteiger partial charge in [-0.05, 0) is 44.1 Å². The number of aromatic nitrogens is 1.